The Morgan fingerprint density at radius 3 is 2.74 bits per heavy atom. The lowest BCUT2D eigenvalue weighted by Crippen LogP contribution is -2.39. The summed E-state index contributed by atoms with van der Waals surface area (Å²) < 4.78 is 4.60. The molecule has 1 aliphatic rings. The molecule has 6 heteroatoms. The summed E-state index contributed by atoms with van der Waals surface area (Å²) in [7, 11) is 1.27. The van der Waals surface area contributed by atoms with E-state index in [-0.39, 0.29) is 6.54 Å². The van der Waals surface area contributed by atoms with E-state index in [9.17, 15) is 19.8 Å². The molecule has 1 fully saturated rings. The zero-order valence-corrected chi connectivity index (χ0v) is 10.7. The van der Waals surface area contributed by atoms with Crippen molar-refractivity contribution in [2.75, 3.05) is 18.6 Å². The van der Waals surface area contributed by atoms with Gasteiger partial charge in [-0.1, -0.05) is 6.07 Å². The summed E-state index contributed by atoms with van der Waals surface area (Å²) in [6.45, 7) is 1.36. The molecule has 0 unspecified atom stereocenters. The SMILES string of the molecule is COC(=O)c1cccc(N2C[C@@](C)(O)[C@@H](O)C2=O)c1. The molecule has 2 N–H and O–H groups in total. The van der Waals surface area contributed by atoms with Gasteiger partial charge in [0.05, 0.1) is 19.2 Å². The molecule has 0 spiro atoms. The average molecular weight is 265 g/mol. The van der Waals surface area contributed by atoms with Gasteiger partial charge in [0.2, 0.25) is 0 Å². The molecule has 1 aliphatic heterocycles. The fraction of sp³-hybridized carbons (Fsp3) is 0.385. The molecule has 0 bridgehead atoms. The number of anilines is 1. The Balaban J connectivity index is 2.33. The first kappa shape index (κ1) is 13.5. The number of carbonyl (C=O) groups excluding carboxylic acids is 2. The molecule has 1 aromatic carbocycles. The summed E-state index contributed by atoms with van der Waals surface area (Å²) in [4.78, 5) is 24.5. The zero-order valence-electron chi connectivity index (χ0n) is 10.7. The van der Waals surface area contributed by atoms with E-state index in [0.29, 0.717) is 11.3 Å². The van der Waals surface area contributed by atoms with E-state index in [1.807, 2.05) is 0 Å². The number of carbonyl (C=O) groups is 2. The number of rotatable bonds is 2. The van der Waals surface area contributed by atoms with Crippen molar-refractivity contribution >= 4 is 17.6 Å². The third-order valence-electron chi connectivity index (χ3n) is 3.15. The fourth-order valence-corrected chi connectivity index (χ4v) is 2.04. The molecule has 102 valence electrons. The summed E-state index contributed by atoms with van der Waals surface area (Å²) in [6.07, 6.45) is -1.46. The average Bonchev–Trinajstić information content (AvgIpc) is 2.61. The zero-order chi connectivity index (χ0) is 14.2. The molecule has 0 saturated carbocycles. The monoisotopic (exact) mass is 265 g/mol. The van der Waals surface area contributed by atoms with Gasteiger partial charge in [0.25, 0.3) is 5.91 Å². The molecule has 6 nitrogen and oxygen atoms in total. The van der Waals surface area contributed by atoms with E-state index < -0.39 is 23.6 Å². The Kier molecular flexibility index (Phi) is 3.30. The number of ether oxygens (including phenoxy) is 1. The number of esters is 1. The van der Waals surface area contributed by atoms with Crippen LogP contribution in [-0.2, 0) is 9.53 Å². The van der Waals surface area contributed by atoms with Crippen molar-refractivity contribution < 1.29 is 24.5 Å². The molecule has 2 rings (SSSR count). The minimum Gasteiger partial charge on any atom is -0.465 e. The van der Waals surface area contributed by atoms with Gasteiger partial charge in [-0.15, -0.1) is 0 Å². The number of aliphatic hydroxyl groups is 2. The Hall–Kier alpha value is -1.92. The number of hydrogen-bond donors (Lipinski definition) is 2. The van der Waals surface area contributed by atoms with Crippen molar-refractivity contribution in [3.05, 3.63) is 29.8 Å². The van der Waals surface area contributed by atoms with E-state index in [1.54, 1.807) is 18.2 Å². The maximum absolute atomic E-state index is 11.9. The Labute approximate surface area is 110 Å². The van der Waals surface area contributed by atoms with Gasteiger partial charge in [0.15, 0.2) is 6.10 Å². The lowest BCUT2D eigenvalue weighted by atomic mass is 10.0. The van der Waals surface area contributed by atoms with Gasteiger partial charge in [-0.3, -0.25) is 4.79 Å². The van der Waals surface area contributed by atoms with Gasteiger partial charge in [-0.25, -0.2) is 4.79 Å². The second kappa shape index (κ2) is 4.64. The van der Waals surface area contributed by atoms with Gasteiger partial charge < -0.3 is 19.8 Å². The highest BCUT2D eigenvalue weighted by molar-refractivity contribution is 6.01. The van der Waals surface area contributed by atoms with Crippen LogP contribution in [0.25, 0.3) is 0 Å². The predicted molar refractivity (Wildman–Crippen MR) is 66.8 cm³/mol. The van der Waals surface area contributed by atoms with Crippen molar-refractivity contribution in [1.82, 2.24) is 0 Å². The minimum atomic E-state index is -1.50. The quantitative estimate of drug-likeness (QED) is 0.731. The molecule has 0 aliphatic carbocycles. The summed E-state index contributed by atoms with van der Waals surface area (Å²) in [5, 5.41) is 19.5. The molecule has 1 aromatic rings. The molecular weight excluding hydrogens is 250 g/mol. The van der Waals surface area contributed by atoms with Crippen molar-refractivity contribution in [3.63, 3.8) is 0 Å². The van der Waals surface area contributed by atoms with Crippen LogP contribution in [0.4, 0.5) is 5.69 Å². The van der Waals surface area contributed by atoms with Gasteiger partial charge in [-0.05, 0) is 25.1 Å². The third kappa shape index (κ3) is 2.32. The summed E-state index contributed by atoms with van der Waals surface area (Å²) in [5.74, 6) is -1.10. The fourth-order valence-electron chi connectivity index (χ4n) is 2.04. The van der Waals surface area contributed by atoms with Crippen LogP contribution in [0.2, 0.25) is 0 Å². The van der Waals surface area contributed by atoms with Crippen LogP contribution in [0, 0.1) is 0 Å². The number of methoxy groups -OCH3 is 1. The maximum atomic E-state index is 11.9. The number of hydrogen-bond acceptors (Lipinski definition) is 5. The topological polar surface area (TPSA) is 87.1 Å². The number of aliphatic hydroxyl groups excluding tert-OH is 1. The van der Waals surface area contributed by atoms with E-state index in [1.165, 1.54) is 25.0 Å². The van der Waals surface area contributed by atoms with Gasteiger partial charge >= 0.3 is 5.97 Å². The van der Waals surface area contributed by atoms with E-state index in [4.69, 9.17) is 0 Å². The van der Waals surface area contributed by atoms with Crippen LogP contribution in [0.3, 0.4) is 0 Å². The van der Waals surface area contributed by atoms with Crippen LogP contribution in [0.1, 0.15) is 17.3 Å². The highest BCUT2D eigenvalue weighted by atomic mass is 16.5. The van der Waals surface area contributed by atoms with Crippen molar-refractivity contribution in [2.24, 2.45) is 0 Å². The normalized spacial score (nSPS) is 26.6. The summed E-state index contributed by atoms with van der Waals surface area (Å²) >= 11 is 0. The van der Waals surface area contributed by atoms with Crippen LogP contribution < -0.4 is 4.90 Å². The third-order valence-corrected chi connectivity index (χ3v) is 3.15. The van der Waals surface area contributed by atoms with Crippen molar-refractivity contribution in [3.8, 4) is 0 Å². The van der Waals surface area contributed by atoms with Gasteiger partial charge in [0, 0.05) is 5.69 Å². The molecular formula is C13H15NO5. The first-order chi connectivity index (χ1) is 8.86. The van der Waals surface area contributed by atoms with E-state index in [0.717, 1.165) is 0 Å². The molecule has 0 radical (unpaired) electrons. The van der Waals surface area contributed by atoms with Crippen molar-refractivity contribution in [2.45, 2.75) is 18.6 Å². The summed E-state index contributed by atoms with van der Waals surface area (Å²) in [5.41, 5.74) is -0.767. The lowest BCUT2D eigenvalue weighted by molar-refractivity contribution is -0.130. The van der Waals surface area contributed by atoms with E-state index in [2.05, 4.69) is 4.74 Å². The number of benzene rings is 1. The second-order valence-electron chi connectivity index (χ2n) is 4.73. The number of nitrogens with zero attached hydrogens (tertiary/aromatic N) is 1. The molecule has 0 aromatic heterocycles. The molecule has 2 atom stereocenters. The smallest absolute Gasteiger partial charge is 0.337 e. The molecule has 1 saturated heterocycles. The first-order valence-corrected chi connectivity index (χ1v) is 5.77. The standard InChI is InChI=1S/C13H15NO5/c1-13(18)7-14(11(16)10(13)15)9-5-3-4-8(6-9)12(17)19-2/h3-6,10,15,18H,7H2,1-2H3/t10-,13+/m0/s1. The van der Waals surface area contributed by atoms with Gasteiger partial charge in [-0.2, -0.15) is 0 Å². The second-order valence-corrected chi connectivity index (χ2v) is 4.73. The predicted octanol–water partition coefficient (Wildman–Crippen LogP) is -0.0683. The largest absolute Gasteiger partial charge is 0.465 e. The maximum Gasteiger partial charge on any atom is 0.337 e. The minimum absolute atomic E-state index is 0.0301. The number of amides is 1. The van der Waals surface area contributed by atoms with Crippen LogP contribution in [0.15, 0.2) is 24.3 Å². The molecule has 1 heterocycles. The Morgan fingerprint density at radius 1 is 1.53 bits per heavy atom. The van der Waals surface area contributed by atoms with E-state index >= 15 is 0 Å². The van der Waals surface area contributed by atoms with Crippen LogP contribution >= 0.6 is 0 Å². The Bertz CT molecular complexity index is 526. The lowest BCUT2D eigenvalue weighted by Gasteiger charge is -2.19. The highest BCUT2D eigenvalue weighted by Gasteiger charge is 2.47. The first-order valence-electron chi connectivity index (χ1n) is 5.77. The Morgan fingerprint density at radius 2 is 2.21 bits per heavy atom. The highest BCUT2D eigenvalue weighted by Crippen LogP contribution is 2.28. The van der Waals surface area contributed by atoms with Crippen molar-refractivity contribution in [1.29, 1.82) is 0 Å². The van der Waals surface area contributed by atoms with Gasteiger partial charge in [0.1, 0.15) is 5.60 Å². The number of β-amino-alcohol motifs (C(OH)–C–C–N with tert-alkyl or cyclic N) is 1. The molecule has 19 heavy (non-hydrogen) atoms. The van der Waals surface area contributed by atoms with Crippen LogP contribution in [-0.4, -0.2) is 47.4 Å². The molecule has 1 amide bonds. The summed E-state index contributed by atoms with van der Waals surface area (Å²) in [6, 6.07) is 6.27. The van der Waals surface area contributed by atoms with Crippen LogP contribution in [0.5, 0.6) is 0 Å².